The smallest absolute Gasteiger partial charge is 0.257 e. The van der Waals surface area contributed by atoms with Crippen LogP contribution in [0, 0.1) is 5.92 Å². The maximum Gasteiger partial charge on any atom is 0.257 e. The number of amides is 2. The first kappa shape index (κ1) is 17.2. The molecule has 3 rings (SSSR count). The van der Waals surface area contributed by atoms with Crippen LogP contribution in [0.4, 0.5) is 0 Å². The molecule has 0 saturated carbocycles. The molecule has 6 heteroatoms. The van der Waals surface area contributed by atoms with Crippen molar-refractivity contribution in [2.75, 3.05) is 13.1 Å². The lowest BCUT2D eigenvalue weighted by Crippen LogP contribution is -2.32. The molecular formula is C19H24N4O2. The molecule has 0 aliphatic carbocycles. The van der Waals surface area contributed by atoms with Crippen LogP contribution in [-0.4, -0.2) is 39.6 Å². The molecule has 2 N–H and O–H groups in total. The van der Waals surface area contributed by atoms with Gasteiger partial charge in [-0.05, 0) is 17.9 Å². The number of nitrogens with two attached hydrogens (primary N) is 1. The number of rotatable bonds is 5. The Morgan fingerprint density at radius 2 is 2.00 bits per heavy atom. The Hall–Kier alpha value is -2.63. The summed E-state index contributed by atoms with van der Waals surface area (Å²) in [4.78, 5) is 26.0. The molecule has 1 saturated heterocycles. The van der Waals surface area contributed by atoms with Crippen molar-refractivity contribution < 1.29 is 9.59 Å². The van der Waals surface area contributed by atoms with E-state index < -0.39 is 0 Å². The molecule has 2 aromatic rings. The zero-order valence-corrected chi connectivity index (χ0v) is 14.7. The molecule has 1 fully saturated rings. The molecule has 6 nitrogen and oxygen atoms in total. The number of hydrogen-bond acceptors (Lipinski definition) is 3. The van der Waals surface area contributed by atoms with E-state index in [2.05, 4.69) is 18.9 Å². The number of carbonyl (C=O) groups excluding carboxylic acids is 2. The van der Waals surface area contributed by atoms with E-state index in [1.165, 1.54) is 0 Å². The lowest BCUT2D eigenvalue weighted by molar-refractivity contribution is -0.121. The van der Waals surface area contributed by atoms with Crippen LogP contribution < -0.4 is 5.73 Å². The third-order valence-electron chi connectivity index (χ3n) is 4.71. The van der Waals surface area contributed by atoms with Gasteiger partial charge in [0.15, 0.2) is 0 Å². The SMILES string of the molecule is CC(C)c1c(C(=O)N2CC[C@H](C(N)=O)C2)cnn1Cc1ccccc1. The molecule has 1 aromatic heterocycles. The van der Waals surface area contributed by atoms with Gasteiger partial charge in [-0.1, -0.05) is 44.2 Å². The van der Waals surface area contributed by atoms with Crippen molar-refractivity contribution in [3.05, 3.63) is 53.3 Å². The molecule has 0 bridgehead atoms. The van der Waals surface area contributed by atoms with Crippen LogP contribution in [0.15, 0.2) is 36.5 Å². The van der Waals surface area contributed by atoms with Crippen molar-refractivity contribution in [1.82, 2.24) is 14.7 Å². The fourth-order valence-corrected chi connectivity index (χ4v) is 3.40. The summed E-state index contributed by atoms with van der Waals surface area (Å²) in [5.74, 6) is -0.476. The van der Waals surface area contributed by atoms with Gasteiger partial charge in [0.25, 0.3) is 5.91 Å². The summed E-state index contributed by atoms with van der Waals surface area (Å²) in [6.45, 7) is 5.71. The first-order valence-electron chi connectivity index (χ1n) is 8.65. The Kier molecular flexibility index (Phi) is 4.88. The van der Waals surface area contributed by atoms with E-state index in [0.29, 0.717) is 31.6 Å². The summed E-state index contributed by atoms with van der Waals surface area (Å²) < 4.78 is 1.90. The van der Waals surface area contributed by atoms with Crippen molar-refractivity contribution in [3.63, 3.8) is 0 Å². The number of likely N-dealkylation sites (tertiary alicyclic amines) is 1. The van der Waals surface area contributed by atoms with Crippen molar-refractivity contribution in [1.29, 1.82) is 0 Å². The van der Waals surface area contributed by atoms with Gasteiger partial charge in [-0.3, -0.25) is 14.3 Å². The molecule has 132 valence electrons. The summed E-state index contributed by atoms with van der Waals surface area (Å²) in [5, 5.41) is 4.46. The van der Waals surface area contributed by atoms with E-state index in [1.54, 1.807) is 11.1 Å². The Labute approximate surface area is 147 Å². The number of carbonyl (C=O) groups is 2. The Morgan fingerprint density at radius 1 is 1.28 bits per heavy atom. The number of nitrogens with zero attached hydrogens (tertiary/aromatic N) is 3. The number of primary amides is 1. The van der Waals surface area contributed by atoms with Gasteiger partial charge in [-0.15, -0.1) is 0 Å². The highest BCUT2D eigenvalue weighted by molar-refractivity contribution is 5.96. The molecule has 0 radical (unpaired) electrons. The lowest BCUT2D eigenvalue weighted by Gasteiger charge is -2.18. The average molecular weight is 340 g/mol. The Morgan fingerprint density at radius 3 is 2.60 bits per heavy atom. The van der Waals surface area contributed by atoms with Crippen LogP contribution >= 0.6 is 0 Å². The Bertz CT molecular complexity index is 767. The van der Waals surface area contributed by atoms with E-state index in [9.17, 15) is 9.59 Å². The third-order valence-corrected chi connectivity index (χ3v) is 4.71. The second-order valence-corrected chi connectivity index (χ2v) is 6.88. The predicted octanol–water partition coefficient (Wildman–Crippen LogP) is 2.00. The molecule has 25 heavy (non-hydrogen) atoms. The molecule has 2 amide bonds. The summed E-state index contributed by atoms with van der Waals surface area (Å²) in [6, 6.07) is 10.1. The summed E-state index contributed by atoms with van der Waals surface area (Å²) in [6.07, 6.45) is 2.29. The normalized spacial score (nSPS) is 17.2. The molecule has 1 aromatic carbocycles. The quantitative estimate of drug-likeness (QED) is 0.904. The molecule has 1 atom stereocenters. The number of benzene rings is 1. The van der Waals surface area contributed by atoms with E-state index in [-0.39, 0.29) is 23.7 Å². The van der Waals surface area contributed by atoms with Crippen LogP contribution in [0.3, 0.4) is 0 Å². The first-order valence-corrected chi connectivity index (χ1v) is 8.65. The molecule has 2 heterocycles. The summed E-state index contributed by atoms with van der Waals surface area (Å²) >= 11 is 0. The minimum absolute atomic E-state index is 0.0632. The second kappa shape index (κ2) is 7.09. The van der Waals surface area contributed by atoms with Crippen LogP contribution in [0.2, 0.25) is 0 Å². The van der Waals surface area contributed by atoms with Gasteiger partial charge in [-0.25, -0.2) is 0 Å². The van der Waals surface area contributed by atoms with Crippen LogP contribution in [0.1, 0.15) is 47.8 Å². The third kappa shape index (κ3) is 3.57. The first-order chi connectivity index (χ1) is 12.0. The van der Waals surface area contributed by atoms with Crippen molar-refractivity contribution in [2.45, 2.75) is 32.7 Å². The van der Waals surface area contributed by atoms with Crippen molar-refractivity contribution in [2.24, 2.45) is 11.7 Å². The fourth-order valence-electron chi connectivity index (χ4n) is 3.40. The van der Waals surface area contributed by atoms with E-state index in [4.69, 9.17) is 5.73 Å². The zero-order valence-electron chi connectivity index (χ0n) is 14.7. The monoisotopic (exact) mass is 340 g/mol. The van der Waals surface area contributed by atoms with Crippen LogP contribution in [0.25, 0.3) is 0 Å². The fraction of sp³-hybridized carbons (Fsp3) is 0.421. The molecular weight excluding hydrogens is 316 g/mol. The lowest BCUT2D eigenvalue weighted by atomic mass is 10.0. The van der Waals surface area contributed by atoms with E-state index in [0.717, 1.165) is 11.3 Å². The minimum Gasteiger partial charge on any atom is -0.369 e. The topological polar surface area (TPSA) is 81.2 Å². The highest BCUT2D eigenvalue weighted by Gasteiger charge is 2.32. The molecule has 0 unspecified atom stereocenters. The maximum absolute atomic E-state index is 12.9. The number of hydrogen-bond donors (Lipinski definition) is 1. The van der Waals surface area contributed by atoms with Crippen molar-refractivity contribution in [3.8, 4) is 0 Å². The number of aromatic nitrogens is 2. The van der Waals surface area contributed by atoms with Gasteiger partial charge in [-0.2, -0.15) is 5.10 Å². The average Bonchev–Trinajstić information content (AvgIpc) is 3.22. The van der Waals surface area contributed by atoms with E-state index >= 15 is 0 Å². The van der Waals surface area contributed by atoms with Crippen molar-refractivity contribution >= 4 is 11.8 Å². The maximum atomic E-state index is 12.9. The van der Waals surface area contributed by atoms with Gasteiger partial charge in [0.1, 0.15) is 0 Å². The largest absolute Gasteiger partial charge is 0.369 e. The zero-order chi connectivity index (χ0) is 18.0. The summed E-state index contributed by atoms with van der Waals surface area (Å²) in [5.41, 5.74) is 8.06. The highest BCUT2D eigenvalue weighted by atomic mass is 16.2. The van der Waals surface area contributed by atoms with Gasteiger partial charge in [0.05, 0.1) is 29.9 Å². The molecule has 0 spiro atoms. The van der Waals surface area contributed by atoms with Gasteiger partial charge in [0, 0.05) is 13.1 Å². The summed E-state index contributed by atoms with van der Waals surface area (Å²) in [7, 11) is 0. The molecule has 1 aliphatic heterocycles. The van der Waals surface area contributed by atoms with Gasteiger partial charge in [0.2, 0.25) is 5.91 Å². The molecule has 1 aliphatic rings. The van der Waals surface area contributed by atoms with Gasteiger partial charge < -0.3 is 10.6 Å². The standard InChI is InChI=1S/C19H24N4O2/c1-13(2)17-16(19(25)22-9-8-15(12-22)18(20)24)10-21-23(17)11-14-6-4-3-5-7-14/h3-7,10,13,15H,8-9,11-12H2,1-2H3,(H2,20,24)/t15-/m0/s1. The van der Waals surface area contributed by atoms with Gasteiger partial charge >= 0.3 is 0 Å². The van der Waals surface area contributed by atoms with E-state index in [1.807, 2.05) is 35.0 Å². The van der Waals surface area contributed by atoms with Crippen LogP contribution in [-0.2, 0) is 11.3 Å². The highest BCUT2D eigenvalue weighted by Crippen LogP contribution is 2.25. The second-order valence-electron chi connectivity index (χ2n) is 6.88. The Balaban J connectivity index is 1.84. The van der Waals surface area contributed by atoms with Crippen LogP contribution in [0.5, 0.6) is 0 Å². The minimum atomic E-state index is -0.334. The predicted molar refractivity (Wildman–Crippen MR) is 95.1 cm³/mol.